The van der Waals surface area contributed by atoms with Gasteiger partial charge in [0.1, 0.15) is 17.3 Å². The molecule has 2 aromatic rings. The SMILES string of the molecule is CC(=O)NC[C@H]1CN(c2ccc(-c3ccc(C4(C#N)[C@@H]5CS(=O)(=O)C[C@@H]54)nc3)c(F)c2)C(=O)O1. The highest BCUT2D eigenvalue weighted by atomic mass is 32.2. The molecule has 5 rings (SSSR count). The summed E-state index contributed by atoms with van der Waals surface area (Å²) in [5, 5.41) is 12.3. The van der Waals surface area contributed by atoms with Crippen LogP contribution in [-0.4, -0.2) is 56.1 Å². The first-order valence-corrected chi connectivity index (χ1v) is 12.6. The number of carbonyl (C=O) groups excluding carboxylic acids is 2. The molecule has 2 saturated heterocycles. The van der Waals surface area contributed by atoms with E-state index in [-0.39, 0.29) is 47.9 Å². The summed E-state index contributed by atoms with van der Waals surface area (Å²) in [5.41, 5.74) is 0.708. The average molecular weight is 485 g/mol. The van der Waals surface area contributed by atoms with Gasteiger partial charge in [0.05, 0.1) is 42.0 Å². The van der Waals surface area contributed by atoms with Crippen LogP contribution in [0.3, 0.4) is 0 Å². The summed E-state index contributed by atoms with van der Waals surface area (Å²) in [6.07, 6.45) is 0.329. The van der Waals surface area contributed by atoms with Gasteiger partial charge in [-0.2, -0.15) is 5.26 Å². The fourth-order valence-electron chi connectivity index (χ4n) is 5.05. The van der Waals surface area contributed by atoms with Gasteiger partial charge >= 0.3 is 6.09 Å². The van der Waals surface area contributed by atoms with Crippen LogP contribution >= 0.6 is 0 Å². The molecule has 4 atom stereocenters. The third-order valence-electron chi connectivity index (χ3n) is 6.81. The minimum Gasteiger partial charge on any atom is -0.442 e. The average Bonchev–Trinajstić information content (AvgIpc) is 3.05. The van der Waals surface area contributed by atoms with Crippen molar-refractivity contribution in [2.75, 3.05) is 29.5 Å². The van der Waals surface area contributed by atoms with Gasteiger partial charge in [0.2, 0.25) is 5.91 Å². The molecular formula is C23H21FN4O5S. The van der Waals surface area contributed by atoms with Gasteiger partial charge in [-0.1, -0.05) is 6.07 Å². The van der Waals surface area contributed by atoms with Gasteiger partial charge in [-0.25, -0.2) is 17.6 Å². The van der Waals surface area contributed by atoms with E-state index in [1.807, 2.05) is 0 Å². The van der Waals surface area contributed by atoms with Gasteiger partial charge < -0.3 is 10.1 Å². The van der Waals surface area contributed by atoms with Crippen molar-refractivity contribution in [3.8, 4) is 17.2 Å². The molecule has 2 aliphatic heterocycles. The molecule has 3 heterocycles. The standard InChI is InChI=1S/C23H21FN4O5S/c1-13(29)26-8-16-9-28(22(30)33-16)15-3-4-17(20(24)6-15)14-2-5-21(27-7-14)23(12-25)18-10-34(31,32)11-19(18)23/h2-7,16,18-19H,8-11H2,1H3,(H,26,29)/t16-,18-,19+,23?/m0/s1. The number of cyclic esters (lactones) is 1. The summed E-state index contributed by atoms with van der Waals surface area (Å²) in [6.45, 7) is 1.72. The minimum absolute atomic E-state index is 0.00461. The number of nitrogens with zero attached hydrogens (tertiary/aromatic N) is 3. The number of nitrogens with one attached hydrogen (secondary N) is 1. The molecule has 3 aliphatic rings. The van der Waals surface area contributed by atoms with Gasteiger partial charge in [-0.05, 0) is 24.3 Å². The molecule has 3 fully saturated rings. The second-order valence-corrected chi connectivity index (χ2v) is 11.1. The summed E-state index contributed by atoms with van der Waals surface area (Å²) in [5.74, 6) is -1.29. The van der Waals surface area contributed by atoms with E-state index in [1.54, 1.807) is 18.2 Å². The molecule has 9 nitrogen and oxygen atoms in total. The van der Waals surface area contributed by atoms with E-state index in [2.05, 4.69) is 16.4 Å². The highest BCUT2D eigenvalue weighted by Gasteiger charge is 2.72. The first-order chi connectivity index (χ1) is 16.1. The molecule has 1 saturated carbocycles. The molecule has 11 heteroatoms. The number of hydrogen-bond acceptors (Lipinski definition) is 7. The van der Waals surface area contributed by atoms with Gasteiger partial charge in [-0.15, -0.1) is 0 Å². The van der Waals surface area contributed by atoms with Gasteiger partial charge in [0.15, 0.2) is 9.84 Å². The molecule has 176 valence electrons. The van der Waals surface area contributed by atoms with E-state index in [9.17, 15) is 27.7 Å². The molecule has 1 N–H and O–H groups in total. The molecule has 0 bridgehead atoms. The molecule has 0 radical (unpaired) electrons. The second-order valence-electron chi connectivity index (χ2n) is 8.92. The molecule has 1 aromatic carbocycles. The van der Waals surface area contributed by atoms with Crippen LogP contribution in [0.4, 0.5) is 14.9 Å². The number of rotatable bonds is 5. The zero-order valence-electron chi connectivity index (χ0n) is 18.2. The number of fused-ring (bicyclic) bond motifs is 1. The van der Waals surface area contributed by atoms with Crippen molar-refractivity contribution in [1.29, 1.82) is 5.26 Å². The number of benzene rings is 1. The zero-order valence-corrected chi connectivity index (χ0v) is 19.0. The van der Waals surface area contributed by atoms with Crippen molar-refractivity contribution in [3.05, 3.63) is 48.0 Å². The molecule has 1 aromatic heterocycles. The lowest BCUT2D eigenvalue weighted by atomic mass is 9.97. The second kappa shape index (κ2) is 7.77. The molecule has 1 aliphatic carbocycles. The third-order valence-corrected chi connectivity index (χ3v) is 8.55. The van der Waals surface area contributed by atoms with Crippen LogP contribution in [0.5, 0.6) is 0 Å². The Hall–Kier alpha value is -3.52. The van der Waals surface area contributed by atoms with Gasteiger partial charge in [0.25, 0.3) is 0 Å². The summed E-state index contributed by atoms with van der Waals surface area (Å²) in [4.78, 5) is 28.9. The Kier molecular flexibility index (Phi) is 5.09. The number of aromatic nitrogens is 1. The summed E-state index contributed by atoms with van der Waals surface area (Å²) < 4.78 is 43.8. The number of amides is 2. The number of anilines is 1. The topological polar surface area (TPSA) is 129 Å². The molecule has 0 spiro atoms. The van der Waals surface area contributed by atoms with Gasteiger partial charge in [0, 0.05) is 36.1 Å². The maximum Gasteiger partial charge on any atom is 0.414 e. The lowest BCUT2D eigenvalue weighted by molar-refractivity contribution is -0.119. The number of hydrogen-bond donors (Lipinski definition) is 1. The zero-order chi connectivity index (χ0) is 24.3. The largest absolute Gasteiger partial charge is 0.442 e. The smallest absolute Gasteiger partial charge is 0.414 e. The predicted octanol–water partition coefficient (Wildman–Crippen LogP) is 1.78. The van der Waals surface area contributed by atoms with Crippen molar-refractivity contribution in [2.45, 2.75) is 18.4 Å². The molecule has 1 unspecified atom stereocenters. The lowest BCUT2D eigenvalue weighted by Crippen LogP contribution is -2.33. The van der Waals surface area contributed by atoms with E-state index in [0.717, 1.165) is 0 Å². The Morgan fingerprint density at radius 3 is 2.65 bits per heavy atom. The number of nitriles is 1. The first kappa shape index (κ1) is 22.3. The summed E-state index contributed by atoms with van der Waals surface area (Å²) in [6, 6.07) is 9.95. The minimum atomic E-state index is -3.10. The Bertz CT molecular complexity index is 1320. The Labute approximate surface area is 195 Å². The maximum atomic E-state index is 15.0. The van der Waals surface area contributed by atoms with Crippen molar-refractivity contribution >= 4 is 27.5 Å². The van der Waals surface area contributed by atoms with Crippen molar-refractivity contribution in [2.24, 2.45) is 11.8 Å². The fraction of sp³-hybridized carbons (Fsp3) is 0.391. The van der Waals surface area contributed by atoms with Crippen LogP contribution < -0.4 is 10.2 Å². The number of pyridine rings is 1. The Balaban J connectivity index is 1.33. The van der Waals surface area contributed by atoms with Crippen LogP contribution in [0.15, 0.2) is 36.5 Å². The molecule has 2 amide bonds. The van der Waals surface area contributed by atoms with Crippen LogP contribution in [0.25, 0.3) is 11.1 Å². The Morgan fingerprint density at radius 2 is 2.06 bits per heavy atom. The van der Waals surface area contributed by atoms with Crippen LogP contribution in [0.2, 0.25) is 0 Å². The maximum absolute atomic E-state index is 15.0. The predicted molar refractivity (Wildman–Crippen MR) is 119 cm³/mol. The number of ether oxygens (including phenoxy) is 1. The summed E-state index contributed by atoms with van der Waals surface area (Å²) >= 11 is 0. The van der Waals surface area contributed by atoms with E-state index in [4.69, 9.17) is 4.74 Å². The number of sulfone groups is 1. The van der Waals surface area contributed by atoms with Crippen molar-refractivity contribution in [3.63, 3.8) is 0 Å². The monoisotopic (exact) mass is 484 g/mol. The lowest BCUT2D eigenvalue weighted by Gasteiger charge is -2.15. The van der Waals surface area contributed by atoms with Crippen molar-refractivity contribution in [1.82, 2.24) is 10.3 Å². The number of halogens is 1. The van der Waals surface area contributed by atoms with Crippen LogP contribution in [-0.2, 0) is 24.8 Å². The van der Waals surface area contributed by atoms with E-state index in [0.29, 0.717) is 16.9 Å². The quantitative estimate of drug-likeness (QED) is 0.685. The molecule has 34 heavy (non-hydrogen) atoms. The summed E-state index contributed by atoms with van der Waals surface area (Å²) in [7, 11) is -3.10. The van der Waals surface area contributed by atoms with Crippen molar-refractivity contribution < 1.29 is 27.1 Å². The van der Waals surface area contributed by atoms with Gasteiger partial charge in [-0.3, -0.25) is 14.7 Å². The fourth-order valence-corrected chi connectivity index (χ4v) is 7.27. The first-order valence-electron chi connectivity index (χ1n) is 10.8. The normalized spacial score (nSPS) is 28.7. The number of carbonyl (C=O) groups is 2. The molecular weight excluding hydrogens is 463 g/mol. The van der Waals surface area contributed by atoms with Crippen LogP contribution in [0.1, 0.15) is 12.6 Å². The van der Waals surface area contributed by atoms with E-state index < -0.39 is 33.3 Å². The highest BCUT2D eigenvalue weighted by molar-refractivity contribution is 7.91. The highest BCUT2D eigenvalue weighted by Crippen LogP contribution is 2.63. The van der Waals surface area contributed by atoms with E-state index >= 15 is 0 Å². The van der Waals surface area contributed by atoms with Crippen LogP contribution in [0, 0.1) is 29.0 Å². The van der Waals surface area contributed by atoms with E-state index in [1.165, 1.54) is 30.2 Å². The third kappa shape index (κ3) is 3.58. The Morgan fingerprint density at radius 1 is 1.32 bits per heavy atom.